The molecule has 1 aromatic carbocycles. The maximum Gasteiger partial charge on any atom is 0.270 e. The first-order chi connectivity index (χ1) is 12.1. The largest absolute Gasteiger partial charge is 0.385 e. The van der Waals surface area contributed by atoms with Crippen LogP contribution < -0.4 is 10.6 Å². The van der Waals surface area contributed by atoms with Crippen LogP contribution >= 0.6 is 11.6 Å². The van der Waals surface area contributed by atoms with E-state index in [1.54, 1.807) is 13.2 Å². The van der Waals surface area contributed by atoms with Gasteiger partial charge in [-0.3, -0.25) is 4.79 Å². The molecule has 134 valence electrons. The van der Waals surface area contributed by atoms with E-state index in [-0.39, 0.29) is 5.91 Å². The molecule has 0 saturated heterocycles. The van der Waals surface area contributed by atoms with Crippen LogP contribution in [0.15, 0.2) is 30.3 Å². The minimum absolute atomic E-state index is 0.215. The van der Waals surface area contributed by atoms with E-state index >= 15 is 0 Å². The van der Waals surface area contributed by atoms with Gasteiger partial charge in [-0.05, 0) is 43.5 Å². The number of hydrogen-bond donors (Lipinski definition) is 2. The molecule has 0 aliphatic rings. The zero-order chi connectivity index (χ0) is 18.1. The van der Waals surface area contributed by atoms with Crippen LogP contribution in [-0.2, 0) is 11.2 Å². The number of carbonyl (C=O) groups is 1. The molecule has 0 radical (unpaired) electrons. The summed E-state index contributed by atoms with van der Waals surface area (Å²) in [6.07, 6.45) is 1.55. The van der Waals surface area contributed by atoms with Crippen molar-refractivity contribution in [2.75, 3.05) is 32.1 Å². The van der Waals surface area contributed by atoms with Crippen molar-refractivity contribution in [2.24, 2.45) is 0 Å². The first kappa shape index (κ1) is 19.1. The molecule has 0 atom stereocenters. The van der Waals surface area contributed by atoms with Gasteiger partial charge in [0.05, 0.1) is 0 Å². The summed E-state index contributed by atoms with van der Waals surface area (Å²) >= 11 is 5.96. The number of carbonyl (C=O) groups excluding carboxylic acids is 1. The van der Waals surface area contributed by atoms with Gasteiger partial charge in [-0.2, -0.15) is 0 Å². The molecule has 1 heterocycles. The zero-order valence-electron chi connectivity index (χ0n) is 14.5. The molecule has 1 amide bonds. The first-order valence-corrected chi connectivity index (χ1v) is 8.57. The summed E-state index contributed by atoms with van der Waals surface area (Å²) in [5.74, 6) is 0.239. The van der Waals surface area contributed by atoms with Crippen molar-refractivity contribution < 1.29 is 9.53 Å². The maximum atomic E-state index is 12.3. The molecular weight excluding hydrogens is 340 g/mol. The Morgan fingerprint density at radius 1 is 1.24 bits per heavy atom. The number of methoxy groups -OCH3 is 1. The van der Waals surface area contributed by atoms with E-state index in [0.29, 0.717) is 42.8 Å². The highest BCUT2D eigenvalue weighted by Gasteiger charge is 2.10. The number of benzene rings is 1. The van der Waals surface area contributed by atoms with Crippen molar-refractivity contribution in [1.82, 2.24) is 15.3 Å². The van der Waals surface area contributed by atoms with Crippen LogP contribution in [0.2, 0.25) is 5.02 Å². The number of nitrogens with one attached hydrogen (secondary N) is 2. The summed E-state index contributed by atoms with van der Waals surface area (Å²) in [7, 11) is 1.66. The Hall–Kier alpha value is -2.18. The van der Waals surface area contributed by atoms with Crippen molar-refractivity contribution in [3.8, 4) is 0 Å². The lowest BCUT2D eigenvalue weighted by atomic mass is 10.1. The molecule has 0 aliphatic heterocycles. The van der Waals surface area contributed by atoms with Gasteiger partial charge < -0.3 is 15.4 Å². The number of aryl methyl sites for hydroxylation is 1. The maximum absolute atomic E-state index is 12.3. The average Bonchev–Trinajstić information content (AvgIpc) is 2.58. The normalized spacial score (nSPS) is 10.5. The van der Waals surface area contributed by atoms with Crippen molar-refractivity contribution in [3.63, 3.8) is 0 Å². The Balaban J connectivity index is 1.88. The molecule has 0 saturated carbocycles. The predicted molar refractivity (Wildman–Crippen MR) is 99.2 cm³/mol. The number of amides is 1. The van der Waals surface area contributed by atoms with Crippen LogP contribution in [-0.4, -0.2) is 42.7 Å². The fourth-order valence-corrected chi connectivity index (χ4v) is 2.50. The van der Waals surface area contributed by atoms with E-state index in [1.165, 1.54) is 0 Å². The quantitative estimate of drug-likeness (QED) is 0.671. The fraction of sp³-hybridized carbons (Fsp3) is 0.389. The molecular formula is C18H23ClN4O2. The van der Waals surface area contributed by atoms with Crippen LogP contribution in [0.3, 0.4) is 0 Å². The number of rotatable bonds is 9. The van der Waals surface area contributed by atoms with Crippen LogP contribution in [0, 0.1) is 6.92 Å². The second kappa shape index (κ2) is 9.96. The Morgan fingerprint density at radius 3 is 2.84 bits per heavy atom. The third kappa shape index (κ3) is 6.68. The number of nitrogens with zero attached hydrogens (tertiary/aromatic N) is 2. The molecule has 2 rings (SSSR count). The van der Waals surface area contributed by atoms with Crippen molar-refractivity contribution in [3.05, 3.63) is 52.3 Å². The molecule has 2 N–H and O–H groups in total. The second-order valence-corrected chi connectivity index (χ2v) is 6.06. The van der Waals surface area contributed by atoms with Gasteiger partial charge in [-0.15, -0.1) is 0 Å². The van der Waals surface area contributed by atoms with E-state index in [9.17, 15) is 4.79 Å². The summed E-state index contributed by atoms with van der Waals surface area (Å²) in [6.45, 7) is 3.70. The van der Waals surface area contributed by atoms with Gasteiger partial charge >= 0.3 is 0 Å². The number of ether oxygens (including phenoxy) is 1. The molecule has 0 aliphatic carbocycles. The number of aromatic nitrogens is 2. The molecule has 6 nitrogen and oxygen atoms in total. The van der Waals surface area contributed by atoms with Crippen molar-refractivity contribution in [2.45, 2.75) is 19.8 Å². The number of hydrogen-bond acceptors (Lipinski definition) is 5. The van der Waals surface area contributed by atoms with Crippen molar-refractivity contribution in [1.29, 1.82) is 0 Å². The monoisotopic (exact) mass is 362 g/mol. The summed E-state index contributed by atoms with van der Waals surface area (Å²) in [5.41, 5.74) is 2.17. The zero-order valence-corrected chi connectivity index (χ0v) is 15.3. The van der Waals surface area contributed by atoms with E-state index in [4.69, 9.17) is 16.3 Å². The molecule has 25 heavy (non-hydrogen) atoms. The second-order valence-electron chi connectivity index (χ2n) is 5.63. The van der Waals surface area contributed by atoms with Gasteiger partial charge in [-0.1, -0.05) is 23.7 Å². The standard InChI is InChI=1S/C18H23ClN4O2/c1-13-11-16(23-18(22-13)21-8-4-10-25-2)17(24)20-9-7-14-5-3-6-15(19)12-14/h3,5-6,11-12H,4,7-10H2,1-2H3,(H,20,24)(H,21,22,23). The third-order valence-electron chi connectivity index (χ3n) is 3.48. The van der Waals surface area contributed by atoms with E-state index in [1.807, 2.05) is 31.2 Å². The minimum Gasteiger partial charge on any atom is -0.385 e. The Labute approximate surface area is 153 Å². The summed E-state index contributed by atoms with van der Waals surface area (Å²) < 4.78 is 5.00. The van der Waals surface area contributed by atoms with Gasteiger partial charge in [0, 0.05) is 37.5 Å². The number of halogens is 1. The SMILES string of the molecule is COCCCNc1nc(C)cc(C(=O)NCCc2cccc(Cl)c2)n1. The predicted octanol–water partition coefficient (Wildman–Crippen LogP) is 2.86. The smallest absolute Gasteiger partial charge is 0.270 e. The van der Waals surface area contributed by atoms with Gasteiger partial charge in [0.15, 0.2) is 0 Å². The van der Waals surface area contributed by atoms with E-state index in [0.717, 1.165) is 17.7 Å². The molecule has 1 aromatic heterocycles. The van der Waals surface area contributed by atoms with Gasteiger partial charge in [0.2, 0.25) is 5.95 Å². The third-order valence-corrected chi connectivity index (χ3v) is 3.72. The highest BCUT2D eigenvalue weighted by molar-refractivity contribution is 6.30. The van der Waals surface area contributed by atoms with Crippen LogP contribution in [0.5, 0.6) is 0 Å². The summed E-state index contributed by atoms with van der Waals surface area (Å²) in [6, 6.07) is 9.28. The lowest BCUT2D eigenvalue weighted by Crippen LogP contribution is -2.27. The van der Waals surface area contributed by atoms with Gasteiger partial charge in [-0.25, -0.2) is 9.97 Å². The first-order valence-electron chi connectivity index (χ1n) is 8.19. The fourth-order valence-electron chi connectivity index (χ4n) is 2.28. The minimum atomic E-state index is -0.215. The molecule has 0 fully saturated rings. The molecule has 0 bridgehead atoms. The topological polar surface area (TPSA) is 76.1 Å². The van der Waals surface area contributed by atoms with Gasteiger partial charge in [0.25, 0.3) is 5.91 Å². The average molecular weight is 363 g/mol. The van der Waals surface area contributed by atoms with Crippen LogP contribution in [0.4, 0.5) is 5.95 Å². The Morgan fingerprint density at radius 2 is 2.08 bits per heavy atom. The highest BCUT2D eigenvalue weighted by Crippen LogP contribution is 2.11. The van der Waals surface area contributed by atoms with Gasteiger partial charge in [0.1, 0.15) is 5.69 Å². The molecule has 7 heteroatoms. The molecule has 0 unspecified atom stereocenters. The number of anilines is 1. The van der Waals surface area contributed by atoms with E-state index in [2.05, 4.69) is 20.6 Å². The highest BCUT2D eigenvalue weighted by atomic mass is 35.5. The molecule has 2 aromatic rings. The van der Waals surface area contributed by atoms with Crippen LogP contribution in [0.1, 0.15) is 28.2 Å². The van der Waals surface area contributed by atoms with E-state index < -0.39 is 0 Å². The Kier molecular flexibility index (Phi) is 7.63. The summed E-state index contributed by atoms with van der Waals surface area (Å²) in [4.78, 5) is 20.9. The Bertz CT molecular complexity index is 709. The molecule has 0 spiro atoms. The lowest BCUT2D eigenvalue weighted by molar-refractivity contribution is 0.0949. The van der Waals surface area contributed by atoms with Crippen LogP contribution in [0.25, 0.3) is 0 Å². The summed E-state index contributed by atoms with van der Waals surface area (Å²) in [5, 5.41) is 6.68. The van der Waals surface area contributed by atoms with Crippen molar-refractivity contribution >= 4 is 23.5 Å². The lowest BCUT2D eigenvalue weighted by Gasteiger charge is -2.09.